The maximum Gasteiger partial charge on any atom is 0.220 e. The van der Waals surface area contributed by atoms with Crippen molar-refractivity contribution >= 4 is 5.91 Å². The van der Waals surface area contributed by atoms with Gasteiger partial charge in [-0.1, -0.05) is 105 Å². The van der Waals surface area contributed by atoms with E-state index in [1.165, 1.54) is 30.4 Å². The van der Waals surface area contributed by atoms with Crippen LogP contribution in [0.3, 0.4) is 0 Å². The summed E-state index contributed by atoms with van der Waals surface area (Å²) in [5.41, 5.74) is 4.68. The van der Waals surface area contributed by atoms with E-state index >= 15 is 0 Å². The minimum Gasteiger partial charge on any atom is -0.493 e. The van der Waals surface area contributed by atoms with Crippen molar-refractivity contribution in [1.29, 1.82) is 0 Å². The lowest BCUT2D eigenvalue weighted by atomic mass is 9.98. The smallest absolute Gasteiger partial charge is 0.220 e. The van der Waals surface area contributed by atoms with E-state index < -0.39 is 0 Å². The van der Waals surface area contributed by atoms with Gasteiger partial charge in [-0.2, -0.15) is 0 Å². The number of amides is 1. The van der Waals surface area contributed by atoms with Gasteiger partial charge in [0.1, 0.15) is 5.75 Å². The molecule has 0 fully saturated rings. The van der Waals surface area contributed by atoms with Gasteiger partial charge in [-0.3, -0.25) is 4.79 Å². The van der Waals surface area contributed by atoms with E-state index in [0.717, 1.165) is 36.3 Å². The summed E-state index contributed by atoms with van der Waals surface area (Å²) in [6.45, 7) is 5.03. The van der Waals surface area contributed by atoms with Crippen LogP contribution in [0.1, 0.15) is 67.3 Å². The average Bonchev–Trinajstić information content (AvgIpc) is 2.85. The number of benzene rings is 3. The van der Waals surface area contributed by atoms with Gasteiger partial charge < -0.3 is 10.1 Å². The third kappa shape index (κ3) is 8.42. The minimum atomic E-state index is -0.0496. The van der Waals surface area contributed by atoms with Gasteiger partial charge in [0.25, 0.3) is 0 Å². The van der Waals surface area contributed by atoms with Gasteiger partial charge >= 0.3 is 0 Å². The standard InChI is InChI=1S/C30H37NO2/c1-3-4-5-11-22-33-29-15-10-9-14-27(29)20-21-30(32)31-28(26-12-7-6-8-13-26)23-25-18-16-24(2)17-19-25/h6-10,12-19,28H,3-5,11,20-23H2,1-2H3,(H,31,32). The van der Waals surface area contributed by atoms with Gasteiger partial charge in [-0.05, 0) is 48.9 Å². The molecule has 0 aliphatic rings. The first-order chi connectivity index (χ1) is 16.2. The molecule has 0 aliphatic carbocycles. The molecule has 33 heavy (non-hydrogen) atoms. The molecule has 3 rings (SSSR count). The number of hydrogen-bond acceptors (Lipinski definition) is 2. The molecule has 0 heterocycles. The Balaban J connectivity index is 1.59. The Morgan fingerprint density at radius 1 is 0.879 bits per heavy atom. The molecule has 1 amide bonds. The molecule has 1 unspecified atom stereocenters. The maximum absolute atomic E-state index is 12.9. The summed E-state index contributed by atoms with van der Waals surface area (Å²) < 4.78 is 6.02. The fraction of sp³-hybridized carbons (Fsp3) is 0.367. The normalized spacial score (nSPS) is 11.7. The van der Waals surface area contributed by atoms with E-state index in [4.69, 9.17) is 4.74 Å². The second-order valence-electron chi connectivity index (χ2n) is 8.74. The molecule has 0 aliphatic heterocycles. The van der Waals surface area contributed by atoms with Gasteiger partial charge in [0.05, 0.1) is 12.6 Å². The first kappa shape index (κ1) is 24.6. The van der Waals surface area contributed by atoms with Crippen LogP contribution in [0.5, 0.6) is 5.75 Å². The highest BCUT2D eigenvalue weighted by molar-refractivity contribution is 5.77. The summed E-state index contributed by atoms with van der Waals surface area (Å²) in [7, 11) is 0. The Morgan fingerprint density at radius 2 is 1.61 bits per heavy atom. The first-order valence-electron chi connectivity index (χ1n) is 12.3. The maximum atomic E-state index is 12.9. The largest absolute Gasteiger partial charge is 0.493 e. The lowest BCUT2D eigenvalue weighted by Crippen LogP contribution is -2.30. The zero-order valence-electron chi connectivity index (χ0n) is 20.1. The van der Waals surface area contributed by atoms with Crippen LogP contribution in [0.2, 0.25) is 0 Å². The van der Waals surface area contributed by atoms with Crippen molar-refractivity contribution in [2.75, 3.05) is 6.61 Å². The van der Waals surface area contributed by atoms with E-state index in [1.54, 1.807) is 0 Å². The molecule has 3 aromatic carbocycles. The number of aryl methyl sites for hydroxylation is 2. The fourth-order valence-electron chi connectivity index (χ4n) is 3.97. The third-order valence-electron chi connectivity index (χ3n) is 5.95. The Morgan fingerprint density at radius 3 is 2.36 bits per heavy atom. The van der Waals surface area contributed by atoms with E-state index in [9.17, 15) is 4.79 Å². The molecule has 3 nitrogen and oxygen atoms in total. The van der Waals surface area contributed by atoms with Gasteiger partial charge in [0, 0.05) is 6.42 Å². The highest BCUT2D eigenvalue weighted by Crippen LogP contribution is 2.22. The topological polar surface area (TPSA) is 38.3 Å². The van der Waals surface area contributed by atoms with Crippen molar-refractivity contribution in [3.05, 3.63) is 101 Å². The number of para-hydroxylation sites is 1. The summed E-state index contributed by atoms with van der Waals surface area (Å²) in [6.07, 6.45) is 6.61. The summed E-state index contributed by atoms with van der Waals surface area (Å²) in [5, 5.41) is 3.27. The molecule has 3 aromatic rings. The van der Waals surface area contributed by atoms with Gasteiger partial charge in [-0.15, -0.1) is 0 Å². The van der Waals surface area contributed by atoms with E-state index in [1.807, 2.05) is 36.4 Å². The predicted molar refractivity (Wildman–Crippen MR) is 137 cm³/mol. The van der Waals surface area contributed by atoms with Crippen LogP contribution < -0.4 is 10.1 Å². The van der Waals surface area contributed by atoms with E-state index in [-0.39, 0.29) is 11.9 Å². The number of nitrogens with one attached hydrogen (secondary N) is 1. The minimum absolute atomic E-state index is 0.0496. The van der Waals surface area contributed by atoms with Crippen molar-refractivity contribution in [3.8, 4) is 5.75 Å². The average molecular weight is 444 g/mol. The van der Waals surface area contributed by atoms with Crippen LogP contribution >= 0.6 is 0 Å². The van der Waals surface area contributed by atoms with E-state index in [2.05, 4.69) is 61.6 Å². The molecular weight excluding hydrogens is 406 g/mol. The number of hydrogen-bond donors (Lipinski definition) is 1. The first-order valence-corrected chi connectivity index (χ1v) is 12.3. The zero-order chi connectivity index (χ0) is 23.3. The Bertz CT molecular complexity index is 966. The molecular formula is C30H37NO2. The van der Waals surface area contributed by atoms with Crippen molar-refractivity contribution in [2.24, 2.45) is 0 Å². The van der Waals surface area contributed by atoms with Crippen molar-refractivity contribution in [3.63, 3.8) is 0 Å². The SMILES string of the molecule is CCCCCCOc1ccccc1CCC(=O)NC(Cc1ccc(C)cc1)c1ccccc1. The van der Waals surface area contributed by atoms with Crippen LogP contribution in [-0.4, -0.2) is 12.5 Å². The number of ether oxygens (including phenoxy) is 1. The van der Waals surface area contributed by atoms with Crippen LogP contribution in [0, 0.1) is 6.92 Å². The van der Waals surface area contributed by atoms with Crippen molar-refractivity contribution in [2.45, 2.75) is 64.8 Å². The van der Waals surface area contributed by atoms with Gasteiger partial charge in [0.15, 0.2) is 0 Å². The summed E-state index contributed by atoms with van der Waals surface area (Å²) in [6, 6.07) is 26.8. The van der Waals surface area contributed by atoms with Crippen molar-refractivity contribution < 1.29 is 9.53 Å². The quantitative estimate of drug-likeness (QED) is 0.289. The van der Waals surface area contributed by atoms with Gasteiger partial charge in [-0.25, -0.2) is 0 Å². The predicted octanol–water partition coefficient (Wildman–Crippen LogP) is 6.99. The van der Waals surface area contributed by atoms with Crippen molar-refractivity contribution in [1.82, 2.24) is 5.32 Å². The van der Waals surface area contributed by atoms with Crippen LogP contribution in [0.4, 0.5) is 0 Å². The molecule has 0 bridgehead atoms. The molecule has 1 N–H and O–H groups in total. The second kappa shape index (κ2) is 13.5. The highest BCUT2D eigenvalue weighted by atomic mass is 16.5. The zero-order valence-corrected chi connectivity index (χ0v) is 20.1. The number of rotatable bonds is 13. The molecule has 3 heteroatoms. The van der Waals surface area contributed by atoms with Crippen LogP contribution in [0.25, 0.3) is 0 Å². The molecule has 174 valence electrons. The lowest BCUT2D eigenvalue weighted by molar-refractivity contribution is -0.121. The summed E-state index contributed by atoms with van der Waals surface area (Å²) >= 11 is 0. The number of unbranched alkanes of at least 4 members (excludes halogenated alkanes) is 3. The number of carbonyl (C=O) groups excluding carboxylic acids is 1. The van der Waals surface area contributed by atoms with Gasteiger partial charge in [0.2, 0.25) is 5.91 Å². The van der Waals surface area contributed by atoms with Crippen LogP contribution in [-0.2, 0) is 17.6 Å². The van der Waals surface area contributed by atoms with Crippen LogP contribution in [0.15, 0.2) is 78.9 Å². The molecule has 1 atom stereocenters. The fourth-order valence-corrected chi connectivity index (χ4v) is 3.97. The Labute approximate surface area is 199 Å². The highest BCUT2D eigenvalue weighted by Gasteiger charge is 2.16. The Hall–Kier alpha value is -3.07. The molecule has 0 saturated carbocycles. The van der Waals surface area contributed by atoms with E-state index in [0.29, 0.717) is 12.8 Å². The monoisotopic (exact) mass is 443 g/mol. The Kier molecular flexibility index (Phi) is 10.0. The summed E-state index contributed by atoms with van der Waals surface area (Å²) in [5.74, 6) is 0.967. The number of carbonyl (C=O) groups is 1. The lowest BCUT2D eigenvalue weighted by Gasteiger charge is -2.20. The summed E-state index contributed by atoms with van der Waals surface area (Å²) in [4.78, 5) is 12.9. The third-order valence-corrected chi connectivity index (χ3v) is 5.95. The molecule has 0 saturated heterocycles. The molecule has 0 spiro atoms. The molecule has 0 aromatic heterocycles. The molecule has 0 radical (unpaired) electrons. The second-order valence-corrected chi connectivity index (χ2v) is 8.74.